The molecule has 1 heterocycles. The Morgan fingerprint density at radius 2 is 2.30 bits per heavy atom. The van der Waals surface area contributed by atoms with Crippen molar-refractivity contribution in [3.8, 4) is 11.5 Å². The van der Waals surface area contributed by atoms with Crippen LogP contribution in [0, 0.1) is 0 Å². The molecule has 0 radical (unpaired) electrons. The molecule has 3 nitrogen and oxygen atoms in total. The largest absolute Gasteiger partial charge is 0.494 e. The molecule has 1 aliphatic heterocycles. The van der Waals surface area contributed by atoms with Crippen LogP contribution in [0.15, 0.2) is 12.1 Å². The number of hydrogen-bond acceptors (Lipinski definition) is 4. The molecule has 1 N–H and O–H groups in total. The minimum absolute atomic E-state index is 0.276. The standard InChI is InChI=1S/C16H25NO2S/c1-5-18-15-7-13-6-12(3)19-16(13)8-14(15)9-17-11(2)10-20-4/h7-8,11-12,17H,5-6,9-10H2,1-4H3. The molecular weight excluding hydrogens is 270 g/mol. The Hall–Kier alpha value is -0.870. The third-order valence-electron chi connectivity index (χ3n) is 3.44. The van der Waals surface area contributed by atoms with Gasteiger partial charge in [-0.3, -0.25) is 0 Å². The van der Waals surface area contributed by atoms with Crippen molar-refractivity contribution in [2.45, 2.75) is 45.9 Å². The van der Waals surface area contributed by atoms with Crippen molar-refractivity contribution in [2.75, 3.05) is 18.6 Å². The lowest BCUT2D eigenvalue weighted by Crippen LogP contribution is -2.27. The molecule has 0 aromatic heterocycles. The minimum Gasteiger partial charge on any atom is -0.494 e. The first-order chi connectivity index (χ1) is 9.63. The molecule has 4 heteroatoms. The molecule has 0 amide bonds. The van der Waals surface area contributed by atoms with Crippen LogP contribution < -0.4 is 14.8 Å². The van der Waals surface area contributed by atoms with Gasteiger partial charge in [-0.1, -0.05) is 0 Å². The predicted octanol–water partition coefficient (Wildman–Crippen LogP) is 3.25. The first kappa shape index (κ1) is 15.5. The number of nitrogens with one attached hydrogen (secondary N) is 1. The maximum absolute atomic E-state index is 5.85. The Kier molecular flexibility index (Phi) is 5.61. The Morgan fingerprint density at radius 3 is 3.00 bits per heavy atom. The zero-order valence-electron chi connectivity index (χ0n) is 12.9. The molecular formula is C16H25NO2S. The van der Waals surface area contributed by atoms with Crippen LogP contribution >= 0.6 is 11.8 Å². The van der Waals surface area contributed by atoms with Gasteiger partial charge in [0.1, 0.15) is 17.6 Å². The summed E-state index contributed by atoms with van der Waals surface area (Å²) in [6.45, 7) is 7.87. The Morgan fingerprint density at radius 1 is 1.50 bits per heavy atom. The van der Waals surface area contributed by atoms with Crippen molar-refractivity contribution in [3.05, 3.63) is 23.3 Å². The molecule has 2 rings (SSSR count). The number of hydrogen-bond donors (Lipinski definition) is 1. The van der Waals surface area contributed by atoms with E-state index in [2.05, 4.69) is 37.6 Å². The van der Waals surface area contributed by atoms with E-state index in [1.807, 2.05) is 18.7 Å². The summed E-state index contributed by atoms with van der Waals surface area (Å²) in [4.78, 5) is 0. The molecule has 0 saturated carbocycles. The van der Waals surface area contributed by atoms with Crippen LogP contribution in [-0.2, 0) is 13.0 Å². The molecule has 0 aliphatic carbocycles. The van der Waals surface area contributed by atoms with Gasteiger partial charge in [0, 0.05) is 35.9 Å². The number of benzene rings is 1. The van der Waals surface area contributed by atoms with E-state index in [0.717, 1.165) is 30.2 Å². The third kappa shape index (κ3) is 3.83. The lowest BCUT2D eigenvalue weighted by Gasteiger charge is -2.16. The average molecular weight is 295 g/mol. The minimum atomic E-state index is 0.276. The van der Waals surface area contributed by atoms with Crippen molar-refractivity contribution in [1.29, 1.82) is 0 Å². The smallest absolute Gasteiger partial charge is 0.124 e. The van der Waals surface area contributed by atoms with E-state index in [1.165, 1.54) is 11.1 Å². The van der Waals surface area contributed by atoms with Crippen molar-refractivity contribution in [2.24, 2.45) is 0 Å². The summed E-state index contributed by atoms with van der Waals surface area (Å²) < 4.78 is 11.6. The Balaban J connectivity index is 2.12. The highest BCUT2D eigenvalue weighted by Gasteiger charge is 2.21. The van der Waals surface area contributed by atoms with Gasteiger partial charge in [0.25, 0.3) is 0 Å². The lowest BCUT2D eigenvalue weighted by atomic mass is 10.1. The summed E-state index contributed by atoms with van der Waals surface area (Å²) in [7, 11) is 0. The van der Waals surface area contributed by atoms with Gasteiger partial charge < -0.3 is 14.8 Å². The van der Waals surface area contributed by atoms with Gasteiger partial charge >= 0.3 is 0 Å². The quantitative estimate of drug-likeness (QED) is 0.836. The lowest BCUT2D eigenvalue weighted by molar-refractivity contribution is 0.254. The average Bonchev–Trinajstić information content (AvgIpc) is 2.76. The Labute approximate surface area is 126 Å². The van der Waals surface area contributed by atoms with Gasteiger partial charge in [-0.2, -0.15) is 11.8 Å². The zero-order chi connectivity index (χ0) is 14.5. The summed E-state index contributed by atoms with van der Waals surface area (Å²) in [5, 5.41) is 3.54. The molecule has 2 atom stereocenters. The second kappa shape index (κ2) is 7.23. The van der Waals surface area contributed by atoms with Crippen molar-refractivity contribution in [3.63, 3.8) is 0 Å². The van der Waals surface area contributed by atoms with Crippen LogP contribution in [-0.4, -0.2) is 30.8 Å². The van der Waals surface area contributed by atoms with Gasteiger partial charge in [-0.15, -0.1) is 0 Å². The van der Waals surface area contributed by atoms with E-state index in [1.54, 1.807) is 0 Å². The van der Waals surface area contributed by atoms with E-state index >= 15 is 0 Å². The SMILES string of the molecule is CCOc1cc2c(cc1CNC(C)CSC)OC(C)C2. The predicted molar refractivity (Wildman–Crippen MR) is 86.1 cm³/mol. The second-order valence-electron chi connectivity index (χ2n) is 5.37. The monoisotopic (exact) mass is 295 g/mol. The maximum Gasteiger partial charge on any atom is 0.124 e. The molecule has 1 aromatic carbocycles. The highest BCUT2D eigenvalue weighted by Crippen LogP contribution is 2.35. The van der Waals surface area contributed by atoms with Crippen LogP contribution in [0.5, 0.6) is 11.5 Å². The fourth-order valence-corrected chi connectivity index (χ4v) is 3.12. The van der Waals surface area contributed by atoms with Crippen LogP contribution in [0.2, 0.25) is 0 Å². The summed E-state index contributed by atoms with van der Waals surface area (Å²) in [5.74, 6) is 3.13. The van der Waals surface area contributed by atoms with Gasteiger partial charge in [0.2, 0.25) is 0 Å². The van der Waals surface area contributed by atoms with Gasteiger partial charge in [-0.25, -0.2) is 0 Å². The molecule has 2 unspecified atom stereocenters. The molecule has 1 aromatic rings. The number of thioether (sulfide) groups is 1. The maximum atomic E-state index is 5.85. The van der Waals surface area contributed by atoms with Crippen LogP contribution in [0.25, 0.3) is 0 Å². The van der Waals surface area contributed by atoms with Gasteiger partial charge in [0.15, 0.2) is 0 Å². The molecule has 0 spiro atoms. The van der Waals surface area contributed by atoms with Crippen LogP contribution in [0.3, 0.4) is 0 Å². The normalized spacial score (nSPS) is 18.5. The number of fused-ring (bicyclic) bond motifs is 1. The van der Waals surface area contributed by atoms with E-state index in [9.17, 15) is 0 Å². The third-order valence-corrected chi connectivity index (χ3v) is 4.27. The molecule has 0 bridgehead atoms. The van der Waals surface area contributed by atoms with E-state index in [0.29, 0.717) is 12.6 Å². The first-order valence-corrected chi connectivity index (χ1v) is 8.71. The summed E-state index contributed by atoms with van der Waals surface area (Å²) in [6.07, 6.45) is 3.39. The molecule has 20 heavy (non-hydrogen) atoms. The van der Waals surface area contributed by atoms with E-state index < -0.39 is 0 Å². The summed E-state index contributed by atoms with van der Waals surface area (Å²) >= 11 is 1.86. The molecule has 0 saturated heterocycles. The fraction of sp³-hybridized carbons (Fsp3) is 0.625. The first-order valence-electron chi connectivity index (χ1n) is 7.31. The highest BCUT2D eigenvalue weighted by molar-refractivity contribution is 7.98. The molecule has 112 valence electrons. The van der Waals surface area contributed by atoms with Crippen molar-refractivity contribution < 1.29 is 9.47 Å². The van der Waals surface area contributed by atoms with Gasteiger partial charge in [0.05, 0.1) is 6.61 Å². The highest BCUT2D eigenvalue weighted by atomic mass is 32.2. The Bertz CT molecular complexity index is 450. The van der Waals surface area contributed by atoms with Gasteiger partial charge in [-0.05, 0) is 39.2 Å². The summed E-state index contributed by atoms with van der Waals surface area (Å²) in [5.41, 5.74) is 2.45. The van der Waals surface area contributed by atoms with Crippen LogP contribution in [0.4, 0.5) is 0 Å². The zero-order valence-corrected chi connectivity index (χ0v) is 13.7. The topological polar surface area (TPSA) is 30.5 Å². The van der Waals surface area contributed by atoms with Crippen LogP contribution in [0.1, 0.15) is 31.9 Å². The molecule has 1 aliphatic rings. The van der Waals surface area contributed by atoms with Crippen molar-refractivity contribution in [1.82, 2.24) is 5.32 Å². The number of ether oxygens (including phenoxy) is 2. The second-order valence-corrected chi connectivity index (χ2v) is 6.28. The molecule has 0 fully saturated rings. The number of rotatable bonds is 7. The van der Waals surface area contributed by atoms with E-state index in [-0.39, 0.29) is 6.10 Å². The van der Waals surface area contributed by atoms with E-state index in [4.69, 9.17) is 9.47 Å². The van der Waals surface area contributed by atoms with Crippen molar-refractivity contribution >= 4 is 11.8 Å². The fourth-order valence-electron chi connectivity index (χ4n) is 2.50. The summed E-state index contributed by atoms with van der Waals surface area (Å²) in [6, 6.07) is 4.79.